The number of halogens is 1. The molecule has 120 valence electrons. The first-order chi connectivity index (χ1) is 10.4. The first kappa shape index (κ1) is 18.2. The number of urea groups is 1. The molecule has 1 rings (SSSR count). The van der Waals surface area contributed by atoms with Gasteiger partial charge in [-0.05, 0) is 47.1 Å². The Morgan fingerprint density at radius 2 is 1.86 bits per heavy atom. The highest BCUT2D eigenvalue weighted by Gasteiger charge is 2.20. The van der Waals surface area contributed by atoms with E-state index in [0.717, 1.165) is 9.13 Å². The van der Waals surface area contributed by atoms with E-state index >= 15 is 0 Å². The van der Waals surface area contributed by atoms with Gasteiger partial charge >= 0.3 is 18.0 Å². The van der Waals surface area contributed by atoms with Crippen LogP contribution < -0.4 is 10.6 Å². The van der Waals surface area contributed by atoms with E-state index in [4.69, 9.17) is 10.2 Å². The predicted octanol–water partition coefficient (Wildman–Crippen LogP) is 1.45. The van der Waals surface area contributed by atoms with E-state index in [2.05, 4.69) is 33.2 Å². The predicted molar refractivity (Wildman–Crippen MR) is 87.7 cm³/mol. The van der Waals surface area contributed by atoms with Crippen LogP contribution >= 0.6 is 22.6 Å². The average molecular weight is 420 g/mol. The molecule has 0 aliphatic heterocycles. The van der Waals surface area contributed by atoms with Crippen LogP contribution in [0.2, 0.25) is 0 Å². The fraction of sp³-hybridized carbons (Fsp3) is 0.357. The van der Waals surface area contributed by atoms with Gasteiger partial charge in [0.1, 0.15) is 6.04 Å². The van der Waals surface area contributed by atoms with E-state index in [0.29, 0.717) is 13.0 Å². The third-order valence-electron chi connectivity index (χ3n) is 2.89. The summed E-state index contributed by atoms with van der Waals surface area (Å²) in [5, 5.41) is 22.3. The van der Waals surface area contributed by atoms with Crippen LogP contribution in [-0.2, 0) is 16.0 Å². The molecule has 0 fully saturated rings. The van der Waals surface area contributed by atoms with Crippen LogP contribution in [0.3, 0.4) is 0 Å². The van der Waals surface area contributed by atoms with Gasteiger partial charge in [0.15, 0.2) is 0 Å². The topological polar surface area (TPSA) is 116 Å². The second-order valence-electron chi connectivity index (χ2n) is 4.56. The molecular weight excluding hydrogens is 403 g/mol. The minimum atomic E-state index is -1.26. The van der Waals surface area contributed by atoms with Gasteiger partial charge in [-0.15, -0.1) is 0 Å². The highest BCUT2D eigenvalue weighted by Crippen LogP contribution is 2.11. The molecule has 22 heavy (non-hydrogen) atoms. The van der Waals surface area contributed by atoms with Crippen molar-refractivity contribution in [3.05, 3.63) is 33.4 Å². The standard InChI is InChI=1S/C14H17IN2O5/c15-10-4-2-1-3-9(10)7-8-16-14(22)17-11(13(20)21)5-6-12(18)19/h1-4,11H,5-8H2,(H,18,19)(H,20,21)(H2,16,17,22)/t11-/m0/s1. The summed E-state index contributed by atoms with van der Waals surface area (Å²) in [5.74, 6) is -2.36. The van der Waals surface area contributed by atoms with Gasteiger partial charge in [-0.1, -0.05) is 18.2 Å². The summed E-state index contributed by atoms with van der Waals surface area (Å²) in [6, 6.07) is 5.91. The molecule has 2 amide bonds. The van der Waals surface area contributed by atoms with Crippen molar-refractivity contribution in [2.45, 2.75) is 25.3 Å². The number of rotatable bonds is 8. The van der Waals surface area contributed by atoms with Crippen molar-refractivity contribution in [3.8, 4) is 0 Å². The summed E-state index contributed by atoms with van der Waals surface area (Å²) in [4.78, 5) is 33.0. The molecule has 8 heteroatoms. The van der Waals surface area contributed by atoms with Crippen molar-refractivity contribution in [1.82, 2.24) is 10.6 Å². The molecule has 0 saturated carbocycles. The van der Waals surface area contributed by atoms with E-state index in [-0.39, 0.29) is 12.8 Å². The normalized spacial score (nSPS) is 11.5. The third-order valence-corrected chi connectivity index (χ3v) is 3.94. The molecule has 7 nitrogen and oxygen atoms in total. The molecule has 0 aromatic heterocycles. The van der Waals surface area contributed by atoms with Crippen molar-refractivity contribution in [2.75, 3.05) is 6.54 Å². The van der Waals surface area contributed by atoms with E-state index in [9.17, 15) is 14.4 Å². The molecule has 0 aliphatic rings. The molecule has 1 aromatic carbocycles. The second-order valence-corrected chi connectivity index (χ2v) is 5.73. The molecule has 0 radical (unpaired) electrons. The molecule has 4 N–H and O–H groups in total. The Morgan fingerprint density at radius 3 is 2.45 bits per heavy atom. The molecule has 0 heterocycles. The van der Waals surface area contributed by atoms with Crippen LogP contribution in [0.4, 0.5) is 4.79 Å². The van der Waals surface area contributed by atoms with E-state index in [1.807, 2.05) is 24.3 Å². The van der Waals surface area contributed by atoms with Gasteiger partial charge in [0.25, 0.3) is 0 Å². The number of hydrogen-bond donors (Lipinski definition) is 4. The van der Waals surface area contributed by atoms with Crippen molar-refractivity contribution >= 4 is 40.6 Å². The number of hydrogen-bond acceptors (Lipinski definition) is 3. The van der Waals surface area contributed by atoms with Gasteiger partial charge in [-0.2, -0.15) is 0 Å². The lowest BCUT2D eigenvalue weighted by Crippen LogP contribution is -2.46. The van der Waals surface area contributed by atoms with Crippen LogP contribution in [0, 0.1) is 3.57 Å². The first-order valence-corrected chi connectivity index (χ1v) is 7.70. The summed E-state index contributed by atoms with van der Waals surface area (Å²) < 4.78 is 1.09. The summed E-state index contributed by atoms with van der Waals surface area (Å²) in [7, 11) is 0. The van der Waals surface area contributed by atoms with E-state index in [1.165, 1.54) is 0 Å². The number of amides is 2. The van der Waals surface area contributed by atoms with Crippen molar-refractivity contribution < 1.29 is 24.6 Å². The highest BCUT2D eigenvalue weighted by molar-refractivity contribution is 14.1. The minimum absolute atomic E-state index is 0.158. The Labute approximate surface area is 141 Å². The van der Waals surface area contributed by atoms with Gasteiger partial charge < -0.3 is 20.8 Å². The Balaban J connectivity index is 2.39. The zero-order chi connectivity index (χ0) is 16.5. The molecular formula is C14H17IN2O5. The Bertz CT molecular complexity index is 550. The van der Waals surface area contributed by atoms with Crippen molar-refractivity contribution in [3.63, 3.8) is 0 Å². The number of carboxylic acid groups (broad SMARTS) is 2. The Hall–Kier alpha value is -1.84. The number of carbonyl (C=O) groups excluding carboxylic acids is 1. The van der Waals surface area contributed by atoms with Crippen molar-refractivity contribution in [2.24, 2.45) is 0 Å². The summed E-state index contributed by atoms with van der Waals surface area (Å²) in [5.41, 5.74) is 1.09. The smallest absolute Gasteiger partial charge is 0.326 e. The van der Waals surface area contributed by atoms with Gasteiger partial charge in [-0.3, -0.25) is 4.79 Å². The van der Waals surface area contributed by atoms with Crippen LogP contribution in [0.1, 0.15) is 18.4 Å². The van der Waals surface area contributed by atoms with Crippen LogP contribution in [0.25, 0.3) is 0 Å². The maximum absolute atomic E-state index is 11.6. The lowest BCUT2D eigenvalue weighted by atomic mass is 10.1. The number of carboxylic acids is 2. The SMILES string of the molecule is O=C(O)CC[C@H](NC(=O)NCCc1ccccc1I)C(=O)O. The fourth-order valence-electron chi connectivity index (χ4n) is 1.75. The molecule has 0 saturated heterocycles. The lowest BCUT2D eigenvalue weighted by Gasteiger charge is -2.14. The van der Waals surface area contributed by atoms with Gasteiger partial charge in [-0.25, -0.2) is 9.59 Å². The minimum Gasteiger partial charge on any atom is -0.481 e. The fourth-order valence-corrected chi connectivity index (χ4v) is 2.40. The second kappa shape index (κ2) is 9.23. The first-order valence-electron chi connectivity index (χ1n) is 6.62. The average Bonchev–Trinajstić information content (AvgIpc) is 2.45. The van der Waals surface area contributed by atoms with Crippen LogP contribution in [0.15, 0.2) is 24.3 Å². The molecule has 0 spiro atoms. The van der Waals surface area contributed by atoms with Gasteiger partial charge in [0.05, 0.1) is 0 Å². The summed E-state index contributed by atoms with van der Waals surface area (Å²) in [6.45, 7) is 0.358. The number of carbonyl (C=O) groups is 3. The Morgan fingerprint density at radius 1 is 1.18 bits per heavy atom. The van der Waals surface area contributed by atoms with E-state index < -0.39 is 24.0 Å². The summed E-state index contributed by atoms with van der Waals surface area (Å²) >= 11 is 2.20. The number of aliphatic carboxylic acids is 2. The monoisotopic (exact) mass is 420 g/mol. The zero-order valence-electron chi connectivity index (χ0n) is 11.7. The Kier molecular flexibility index (Phi) is 7.64. The third kappa shape index (κ3) is 6.74. The largest absolute Gasteiger partial charge is 0.481 e. The molecule has 0 aliphatic carbocycles. The van der Waals surface area contributed by atoms with Crippen molar-refractivity contribution in [1.29, 1.82) is 0 Å². The number of nitrogens with one attached hydrogen (secondary N) is 2. The summed E-state index contributed by atoms with van der Waals surface area (Å²) in [6.07, 6.45) is 0.146. The van der Waals surface area contributed by atoms with Crippen LogP contribution in [0.5, 0.6) is 0 Å². The highest BCUT2D eigenvalue weighted by atomic mass is 127. The molecule has 0 unspecified atom stereocenters. The molecule has 1 aromatic rings. The molecule has 1 atom stereocenters. The molecule has 0 bridgehead atoms. The van der Waals surface area contributed by atoms with Gasteiger partial charge in [0, 0.05) is 16.5 Å². The van der Waals surface area contributed by atoms with E-state index in [1.54, 1.807) is 0 Å². The number of benzene rings is 1. The maximum atomic E-state index is 11.6. The quantitative estimate of drug-likeness (QED) is 0.476. The van der Waals surface area contributed by atoms with Crippen LogP contribution in [-0.4, -0.2) is 40.8 Å². The lowest BCUT2D eigenvalue weighted by molar-refractivity contribution is -0.140. The maximum Gasteiger partial charge on any atom is 0.326 e. The van der Waals surface area contributed by atoms with Gasteiger partial charge in [0.2, 0.25) is 0 Å². The zero-order valence-corrected chi connectivity index (χ0v) is 13.9.